The molecule has 4 rings (SSSR count). The second kappa shape index (κ2) is 12.5. The third-order valence-corrected chi connectivity index (χ3v) is 6.92. The Hall–Kier alpha value is -4.25. The molecule has 3 aromatic rings. The molecule has 0 saturated heterocycles. The zero-order chi connectivity index (χ0) is 27.9. The fourth-order valence-electron chi connectivity index (χ4n) is 4.74. The van der Waals surface area contributed by atoms with Gasteiger partial charge in [0.1, 0.15) is 23.9 Å². The van der Waals surface area contributed by atoms with Crippen molar-refractivity contribution in [2.45, 2.75) is 57.3 Å². The van der Waals surface area contributed by atoms with Crippen molar-refractivity contribution in [3.05, 3.63) is 87.3 Å². The van der Waals surface area contributed by atoms with Gasteiger partial charge in [0.2, 0.25) is 5.82 Å². The van der Waals surface area contributed by atoms with E-state index in [0.717, 1.165) is 31.2 Å². The van der Waals surface area contributed by atoms with Gasteiger partial charge in [-0.15, -0.1) is 0 Å². The number of nitro groups is 1. The fourth-order valence-corrected chi connectivity index (χ4v) is 4.74. The number of urea groups is 1. The van der Waals surface area contributed by atoms with Crippen LogP contribution in [0, 0.1) is 15.9 Å². The highest BCUT2D eigenvalue weighted by molar-refractivity contribution is 5.92. The van der Waals surface area contributed by atoms with Gasteiger partial charge in [-0.05, 0) is 55.5 Å². The molecule has 0 spiro atoms. The number of hydrogen-bond donors (Lipinski definition) is 3. The molecule has 206 valence electrons. The topological polar surface area (TPSA) is 142 Å². The lowest BCUT2D eigenvalue weighted by atomic mass is 9.93. The van der Waals surface area contributed by atoms with E-state index >= 15 is 0 Å². The van der Waals surface area contributed by atoms with Crippen LogP contribution >= 0.6 is 0 Å². The summed E-state index contributed by atoms with van der Waals surface area (Å²) in [6.45, 7) is 2.02. The Morgan fingerprint density at radius 2 is 1.90 bits per heavy atom. The normalized spacial score (nSPS) is 17.7. The summed E-state index contributed by atoms with van der Waals surface area (Å²) in [4.78, 5) is 28.2. The number of benzene rings is 2. The molecule has 1 aromatic heterocycles. The zero-order valence-corrected chi connectivity index (χ0v) is 21.9. The summed E-state index contributed by atoms with van der Waals surface area (Å²) >= 11 is 0. The number of pyridine rings is 1. The van der Waals surface area contributed by atoms with E-state index in [2.05, 4.69) is 15.6 Å². The van der Waals surface area contributed by atoms with Gasteiger partial charge in [0.15, 0.2) is 0 Å². The molecule has 1 fully saturated rings. The number of methoxy groups -OCH3 is 1. The Labute approximate surface area is 225 Å². The van der Waals surface area contributed by atoms with Crippen molar-refractivity contribution in [2.24, 2.45) is 0 Å². The summed E-state index contributed by atoms with van der Waals surface area (Å²) < 4.78 is 25.6. The highest BCUT2D eigenvalue weighted by Gasteiger charge is 2.28. The number of carbonyl (C=O) groups excluding carboxylic acids is 1. The molecule has 0 bridgehead atoms. The summed E-state index contributed by atoms with van der Waals surface area (Å²) in [6.07, 6.45) is 3.23. The lowest BCUT2D eigenvalue weighted by Crippen LogP contribution is -2.41. The average Bonchev–Trinajstić information content (AvgIpc) is 2.92. The maximum Gasteiger partial charge on any atom is 0.334 e. The third-order valence-electron chi connectivity index (χ3n) is 6.92. The van der Waals surface area contributed by atoms with E-state index in [9.17, 15) is 19.3 Å². The van der Waals surface area contributed by atoms with Crippen LogP contribution in [0.2, 0.25) is 0 Å². The minimum Gasteiger partial charge on any atom is -0.489 e. The average molecular weight is 538 g/mol. The predicted octanol–water partition coefficient (Wildman–Crippen LogP) is 5.52. The van der Waals surface area contributed by atoms with E-state index in [4.69, 9.17) is 15.2 Å². The maximum atomic E-state index is 14.3. The first-order chi connectivity index (χ1) is 18.7. The molecular formula is C28H32FN5O5. The second-order valence-electron chi connectivity index (χ2n) is 9.58. The lowest BCUT2D eigenvalue weighted by molar-refractivity contribution is -0.383. The quantitative estimate of drug-likeness (QED) is 0.241. The minimum atomic E-state index is -0.688. The first-order valence-electron chi connectivity index (χ1n) is 12.8. The fraction of sp³-hybridized carbons (Fsp3) is 0.357. The number of ether oxygens (including phenoxy) is 2. The van der Waals surface area contributed by atoms with Gasteiger partial charge in [0.05, 0.1) is 16.7 Å². The van der Waals surface area contributed by atoms with Crippen LogP contribution in [0.4, 0.5) is 26.4 Å². The molecule has 10 nitrogen and oxygen atoms in total. The first-order valence-corrected chi connectivity index (χ1v) is 12.8. The van der Waals surface area contributed by atoms with Crippen LogP contribution in [-0.4, -0.2) is 35.2 Å². The summed E-state index contributed by atoms with van der Waals surface area (Å²) in [7, 11) is 1.66. The Bertz CT molecular complexity index is 1320. The van der Waals surface area contributed by atoms with Gasteiger partial charge in [-0.1, -0.05) is 37.3 Å². The van der Waals surface area contributed by atoms with Crippen molar-refractivity contribution in [1.29, 1.82) is 0 Å². The highest BCUT2D eigenvalue weighted by atomic mass is 19.1. The zero-order valence-electron chi connectivity index (χ0n) is 21.9. The monoisotopic (exact) mass is 537 g/mol. The number of anilines is 2. The van der Waals surface area contributed by atoms with Crippen molar-refractivity contribution in [1.82, 2.24) is 10.3 Å². The van der Waals surface area contributed by atoms with Crippen LogP contribution in [0.25, 0.3) is 0 Å². The molecule has 11 heteroatoms. The SMILES string of the molecule is COC1CCC(NC(=O)Nc2nc([C@H](C)c3cc(F)ccc3OCc3ccccc3)cc(N)c2[N+](=O)[O-])CC1. The highest BCUT2D eigenvalue weighted by Crippen LogP contribution is 2.37. The molecule has 0 radical (unpaired) electrons. The number of aromatic nitrogens is 1. The van der Waals surface area contributed by atoms with Crippen LogP contribution in [0.1, 0.15) is 55.3 Å². The lowest BCUT2D eigenvalue weighted by Gasteiger charge is -2.28. The van der Waals surface area contributed by atoms with Crippen LogP contribution in [0.15, 0.2) is 54.6 Å². The van der Waals surface area contributed by atoms with E-state index in [1.807, 2.05) is 30.3 Å². The predicted molar refractivity (Wildman–Crippen MR) is 145 cm³/mol. The number of nitrogen functional groups attached to an aromatic ring is 1. The number of nitrogens with zero attached hydrogens (tertiary/aromatic N) is 2. The smallest absolute Gasteiger partial charge is 0.334 e. The number of halogens is 1. The standard InChI is InChI=1S/C28H32FN5O5/c1-17(22-14-19(29)8-13-25(22)39-16-18-6-4-3-5-7-18)24-15-23(30)26(34(36)37)27(32-24)33-28(35)31-20-9-11-21(38-2)12-10-20/h3-8,13-15,17,20-21H,9-12,16H2,1-2H3,(H4,30,31,32,33,35)/t17-,20?,21?/m1/s1. The Balaban J connectivity index is 1.57. The molecule has 2 aromatic carbocycles. The molecule has 1 heterocycles. The number of carbonyl (C=O) groups is 1. The second-order valence-corrected chi connectivity index (χ2v) is 9.58. The molecule has 1 aliphatic carbocycles. The molecule has 1 atom stereocenters. The van der Waals surface area contributed by atoms with Crippen molar-refractivity contribution in [3.8, 4) is 5.75 Å². The van der Waals surface area contributed by atoms with E-state index in [1.54, 1.807) is 14.0 Å². The van der Waals surface area contributed by atoms with Gasteiger partial charge in [-0.3, -0.25) is 15.4 Å². The van der Waals surface area contributed by atoms with Crippen molar-refractivity contribution >= 4 is 23.2 Å². The van der Waals surface area contributed by atoms with Crippen LogP contribution < -0.4 is 21.1 Å². The number of nitrogens with two attached hydrogens (primary N) is 1. The van der Waals surface area contributed by atoms with Gasteiger partial charge in [-0.25, -0.2) is 14.2 Å². The van der Waals surface area contributed by atoms with Gasteiger partial charge >= 0.3 is 11.7 Å². The molecule has 1 saturated carbocycles. The maximum absolute atomic E-state index is 14.3. The summed E-state index contributed by atoms with van der Waals surface area (Å²) in [5.74, 6) is -0.888. The van der Waals surface area contributed by atoms with Crippen LogP contribution in [0.3, 0.4) is 0 Å². The Kier molecular flexibility index (Phi) is 8.92. The van der Waals surface area contributed by atoms with E-state index < -0.39 is 28.4 Å². The minimum absolute atomic E-state index is 0.0912. The number of rotatable bonds is 9. The van der Waals surface area contributed by atoms with Crippen molar-refractivity contribution in [2.75, 3.05) is 18.2 Å². The van der Waals surface area contributed by atoms with E-state index in [1.165, 1.54) is 24.3 Å². The van der Waals surface area contributed by atoms with Gasteiger partial charge in [0, 0.05) is 24.6 Å². The molecule has 0 aliphatic heterocycles. The number of nitrogens with one attached hydrogen (secondary N) is 2. The summed E-state index contributed by atoms with van der Waals surface area (Å²) in [5, 5.41) is 17.1. The molecule has 39 heavy (non-hydrogen) atoms. The molecule has 0 unspecified atom stereocenters. The van der Waals surface area contributed by atoms with Gasteiger partial charge < -0.3 is 20.5 Å². The molecule has 4 N–H and O–H groups in total. The van der Waals surface area contributed by atoms with E-state index in [-0.39, 0.29) is 30.3 Å². The van der Waals surface area contributed by atoms with Crippen LogP contribution in [-0.2, 0) is 11.3 Å². The van der Waals surface area contributed by atoms with E-state index in [0.29, 0.717) is 17.0 Å². The van der Waals surface area contributed by atoms with Crippen molar-refractivity contribution in [3.63, 3.8) is 0 Å². The Morgan fingerprint density at radius 1 is 1.18 bits per heavy atom. The van der Waals surface area contributed by atoms with Gasteiger partial charge in [0.25, 0.3) is 0 Å². The first kappa shape index (κ1) is 27.8. The number of hydrogen-bond acceptors (Lipinski definition) is 7. The molecule has 2 amide bonds. The molecule has 1 aliphatic rings. The third kappa shape index (κ3) is 6.99. The largest absolute Gasteiger partial charge is 0.489 e. The van der Waals surface area contributed by atoms with Crippen LogP contribution in [0.5, 0.6) is 5.75 Å². The number of amides is 2. The van der Waals surface area contributed by atoms with Gasteiger partial charge in [-0.2, -0.15) is 0 Å². The molecular weight excluding hydrogens is 505 g/mol. The summed E-state index contributed by atoms with van der Waals surface area (Å²) in [6, 6.07) is 14.3. The Morgan fingerprint density at radius 3 is 2.56 bits per heavy atom. The summed E-state index contributed by atoms with van der Waals surface area (Å²) in [5.41, 5.74) is 7.11. The van der Waals surface area contributed by atoms with Crippen molar-refractivity contribution < 1.29 is 23.6 Å².